The zero-order valence-corrected chi connectivity index (χ0v) is 14.0. The summed E-state index contributed by atoms with van der Waals surface area (Å²) in [5.41, 5.74) is 7.16. The van der Waals surface area contributed by atoms with Crippen molar-refractivity contribution in [2.45, 2.75) is 18.9 Å². The molecule has 26 heavy (non-hydrogen) atoms. The van der Waals surface area contributed by atoms with E-state index in [9.17, 15) is 4.79 Å². The van der Waals surface area contributed by atoms with Gasteiger partial charge in [0, 0.05) is 30.3 Å². The smallest absolute Gasteiger partial charge is 0.271 e. The summed E-state index contributed by atoms with van der Waals surface area (Å²) in [5.74, 6) is 0.265. The highest BCUT2D eigenvalue weighted by Crippen LogP contribution is 2.23. The summed E-state index contributed by atoms with van der Waals surface area (Å²) in [5, 5.41) is 14.4. The van der Waals surface area contributed by atoms with E-state index in [1.165, 1.54) is 6.20 Å². The molecule has 1 fully saturated rings. The van der Waals surface area contributed by atoms with Crippen molar-refractivity contribution in [3.63, 3.8) is 0 Å². The number of carbonyl (C=O) groups is 1. The zero-order chi connectivity index (χ0) is 17.9. The molecule has 9 nitrogen and oxygen atoms in total. The maximum atomic E-state index is 11.7. The van der Waals surface area contributed by atoms with Crippen LogP contribution in [0.4, 0.5) is 17.3 Å². The molecule has 0 aliphatic carbocycles. The van der Waals surface area contributed by atoms with Crippen molar-refractivity contribution in [1.82, 2.24) is 20.2 Å². The average Bonchev–Trinajstić information content (AvgIpc) is 3.10. The number of carbonyl (C=O) groups excluding carboxylic acids is 1. The number of aromatic amines is 1. The molecular weight excluding hydrogens is 334 g/mol. The molecule has 3 heterocycles. The Hall–Kier alpha value is -3.20. The van der Waals surface area contributed by atoms with Gasteiger partial charge in [-0.15, -0.1) is 0 Å². The second kappa shape index (κ2) is 6.96. The molecule has 134 valence electrons. The van der Waals surface area contributed by atoms with Gasteiger partial charge in [0.1, 0.15) is 5.82 Å². The molecule has 1 amide bonds. The van der Waals surface area contributed by atoms with Gasteiger partial charge in [0.25, 0.3) is 5.91 Å². The minimum absolute atomic E-state index is 0.0900. The highest BCUT2D eigenvalue weighted by atomic mass is 16.5. The Kier molecular flexibility index (Phi) is 4.36. The van der Waals surface area contributed by atoms with E-state index < -0.39 is 5.91 Å². The first kappa shape index (κ1) is 16.3. The highest BCUT2D eigenvalue weighted by Gasteiger charge is 2.17. The van der Waals surface area contributed by atoms with Gasteiger partial charge in [-0.05, 0) is 31.0 Å². The number of hydrogen-bond donors (Lipinski definition) is 4. The van der Waals surface area contributed by atoms with E-state index in [0.29, 0.717) is 11.6 Å². The lowest BCUT2D eigenvalue weighted by atomic mass is 10.1. The van der Waals surface area contributed by atoms with Crippen LogP contribution in [-0.4, -0.2) is 45.3 Å². The molecule has 2 aromatic heterocycles. The molecule has 1 saturated heterocycles. The Morgan fingerprint density at radius 1 is 1.27 bits per heavy atom. The molecule has 0 atom stereocenters. The van der Waals surface area contributed by atoms with Crippen molar-refractivity contribution in [3.05, 3.63) is 36.3 Å². The number of aromatic nitrogens is 4. The van der Waals surface area contributed by atoms with Crippen molar-refractivity contribution in [3.8, 4) is 0 Å². The standard InChI is InChI=1S/C17H19N7O2/c18-16(25)15-17(22-12-2-1-10-8-20-24-13(10)7-12)23-14(9-19-15)21-11-3-5-26-6-4-11/h1-2,7-9,11H,3-6H2,(H2,18,25)(H,20,24)(H2,21,22,23). The lowest BCUT2D eigenvalue weighted by molar-refractivity contribution is 0.0904. The fraction of sp³-hybridized carbons (Fsp3) is 0.294. The quantitative estimate of drug-likeness (QED) is 0.550. The molecule has 3 aromatic rings. The first-order chi connectivity index (χ1) is 12.7. The third kappa shape index (κ3) is 3.42. The average molecular weight is 353 g/mol. The van der Waals surface area contributed by atoms with Crippen molar-refractivity contribution in [2.75, 3.05) is 23.8 Å². The zero-order valence-electron chi connectivity index (χ0n) is 14.0. The van der Waals surface area contributed by atoms with Crippen LogP contribution in [0.2, 0.25) is 0 Å². The lowest BCUT2D eigenvalue weighted by Gasteiger charge is -2.23. The summed E-state index contributed by atoms with van der Waals surface area (Å²) < 4.78 is 5.36. The monoisotopic (exact) mass is 353 g/mol. The van der Waals surface area contributed by atoms with E-state index in [-0.39, 0.29) is 11.7 Å². The first-order valence-electron chi connectivity index (χ1n) is 8.40. The minimum Gasteiger partial charge on any atom is -0.381 e. The van der Waals surface area contributed by atoms with E-state index in [1.807, 2.05) is 18.2 Å². The maximum absolute atomic E-state index is 11.7. The van der Waals surface area contributed by atoms with Gasteiger partial charge in [0.05, 0.1) is 17.9 Å². The van der Waals surface area contributed by atoms with Gasteiger partial charge in [0.2, 0.25) is 0 Å². The van der Waals surface area contributed by atoms with Crippen LogP contribution in [0.5, 0.6) is 0 Å². The summed E-state index contributed by atoms with van der Waals surface area (Å²) in [7, 11) is 0. The number of benzene rings is 1. The molecule has 0 saturated carbocycles. The van der Waals surface area contributed by atoms with Gasteiger partial charge < -0.3 is 21.1 Å². The van der Waals surface area contributed by atoms with Crippen molar-refractivity contribution in [2.24, 2.45) is 5.73 Å². The molecule has 1 aromatic carbocycles. The molecule has 9 heteroatoms. The number of primary amides is 1. The number of fused-ring (bicyclic) bond motifs is 1. The number of nitrogens with zero attached hydrogens (tertiary/aromatic N) is 3. The fourth-order valence-corrected chi connectivity index (χ4v) is 2.93. The first-order valence-corrected chi connectivity index (χ1v) is 8.40. The molecular formula is C17H19N7O2. The van der Waals surface area contributed by atoms with Crippen molar-refractivity contribution in [1.29, 1.82) is 0 Å². The van der Waals surface area contributed by atoms with Crippen LogP contribution in [0.3, 0.4) is 0 Å². The van der Waals surface area contributed by atoms with Crippen LogP contribution in [-0.2, 0) is 4.74 Å². The number of ether oxygens (including phenoxy) is 1. The normalized spacial score (nSPS) is 15.1. The number of nitrogens with two attached hydrogens (primary N) is 1. The second-order valence-electron chi connectivity index (χ2n) is 6.14. The van der Waals surface area contributed by atoms with Crippen LogP contribution in [0.1, 0.15) is 23.3 Å². The molecule has 5 N–H and O–H groups in total. The summed E-state index contributed by atoms with van der Waals surface area (Å²) in [4.78, 5) is 20.4. The Balaban J connectivity index is 1.61. The van der Waals surface area contributed by atoms with E-state index in [2.05, 4.69) is 30.8 Å². The number of hydrogen-bond acceptors (Lipinski definition) is 7. The number of anilines is 3. The van der Waals surface area contributed by atoms with Gasteiger partial charge in [0.15, 0.2) is 11.5 Å². The van der Waals surface area contributed by atoms with E-state index >= 15 is 0 Å². The van der Waals surface area contributed by atoms with Gasteiger partial charge in [-0.2, -0.15) is 5.10 Å². The third-order valence-electron chi connectivity index (χ3n) is 4.28. The fourth-order valence-electron chi connectivity index (χ4n) is 2.93. The number of amides is 1. The maximum Gasteiger partial charge on any atom is 0.271 e. The van der Waals surface area contributed by atoms with E-state index in [0.717, 1.165) is 42.6 Å². The number of rotatable bonds is 5. The largest absolute Gasteiger partial charge is 0.381 e. The second-order valence-corrected chi connectivity index (χ2v) is 6.14. The van der Waals surface area contributed by atoms with Gasteiger partial charge in [-0.3, -0.25) is 9.89 Å². The summed E-state index contributed by atoms with van der Waals surface area (Å²) in [6.45, 7) is 1.44. The SMILES string of the molecule is NC(=O)c1ncc(NC2CCOCC2)nc1Nc1ccc2cn[nH]c2c1. The Bertz CT molecular complexity index is 934. The van der Waals surface area contributed by atoms with Gasteiger partial charge in [-0.25, -0.2) is 9.97 Å². The molecule has 1 aliphatic heterocycles. The summed E-state index contributed by atoms with van der Waals surface area (Å²) >= 11 is 0. The molecule has 0 radical (unpaired) electrons. The Morgan fingerprint density at radius 3 is 2.92 bits per heavy atom. The van der Waals surface area contributed by atoms with Gasteiger partial charge >= 0.3 is 0 Å². The summed E-state index contributed by atoms with van der Waals surface area (Å²) in [6.07, 6.45) is 5.07. The van der Waals surface area contributed by atoms with Gasteiger partial charge in [-0.1, -0.05) is 0 Å². The topological polar surface area (TPSA) is 131 Å². The molecule has 0 unspecified atom stereocenters. The molecule has 4 rings (SSSR count). The van der Waals surface area contributed by atoms with Crippen LogP contribution >= 0.6 is 0 Å². The van der Waals surface area contributed by atoms with E-state index in [1.54, 1.807) is 6.20 Å². The number of H-pyrrole nitrogens is 1. The predicted molar refractivity (Wildman–Crippen MR) is 97.4 cm³/mol. The molecule has 1 aliphatic rings. The minimum atomic E-state index is -0.639. The number of nitrogens with one attached hydrogen (secondary N) is 3. The molecule has 0 spiro atoms. The predicted octanol–water partition coefficient (Wildman–Crippen LogP) is 1.79. The van der Waals surface area contributed by atoms with E-state index in [4.69, 9.17) is 10.5 Å². The van der Waals surface area contributed by atoms with Crippen LogP contribution in [0.15, 0.2) is 30.6 Å². The third-order valence-corrected chi connectivity index (χ3v) is 4.28. The van der Waals surface area contributed by atoms with Crippen molar-refractivity contribution >= 4 is 34.1 Å². The van der Waals surface area contributed by atoms with Crippen molar-refractivity contribution < 1.29 is 9.53 Å². The van der Waals surface area contributed by atoms with Crippen LogP contribution in [0, 0.1) is 0 Å². The Labute approximate surface area is 149 Å². The summed E-state index contributed by atoms with van der Waals surface area (Å²) in [6, 6.07) is 5.95. The molecule has 0 bridgehead atoms. The Morgan fingerprint density at radius 2 is 2.12 bits per heavy atom. The van der Waals surface area contributed by atoms with Crippen LogP contribution in [0.25, 0.3) is 10.9 Å². The van der Waals surface area contributed by atoms with Crippen LogP contribution < -0.4 is 16.4 Å². The lowest BCUT2D eigenvalue weighted by Crippen LogP contribution is -2.28. The highest BCUT2D eigenvalue weighted by molar-refractivity contribution is 5.96.